The molecule has 3 fully saturated rings. The van der Waals surface area contributed by atoms with Gasteiger partial charge in [0.05, 0.1) is 0 Å². The van der Waals surface area contributed by atoms with Gasteiger partial charge in [-0.25, -0.2) is 0 Å². The fourth-order valence-electron chi connectivity index (χ4n) is 2.84. The van der Waals surface area contributed by atoms with E-state index in [9.17, 15) is 0 Å². The highest BCUT2D eigenvalue weighted by atomic mass is 15.0. The predicted octanol–water partition coefficient (Wildman–Crippen LogP) is 4.44. The molecule has 0 aromatic rings. The number of hydrogen-bond donors (Lipinski definition) is 2. The summed E-state index contributed by atoms with van der Waals surface area (Å²) < 4.78 is 0. The zero-order chi connectivity index (χ0) is 15.5. The Morgan fingerprint density at radius 2 is 1.86 bits per heavy atom. The average molecular weight is 298 g/mol. The minimum absolute atomic E-state index is 0.641. The van der Waals surface area contributed by atoms with Gasteiger partial charge in [-0.1, -0.05) is 19.2 Å². The van der Waals surface area contributed by atoms with E-state index in [1.807, 2.05) is 6.08 Å². The first kappa shape index (κ1) is 15.5. The van der Waals surface area contributed by atoms with E-state index >= 15 is 0 Å². The molecule has 0 unspecified atom stereocenters. The maximum atomic E-state index is 4.26. The molecular weight excluding hydrogens is 268 g/mol. The molecule has 2 nitrogen and oxygen atoms in total. The Balaban J connectivity index is 1.72. The van der Waals surface area contributed by atoms with Crippen LogP contribution in [0.5, 0.6) is 0 Å². The van der Waals surface area contributed by atoms with E-state index < -0.39 is 0 Å². The molecule has 0 bridgehead atoms. The van der Waals surface area contributed by atoms with Gasteiger partial charge in [0.1, 0.15) is 0 Å². The molecule has 120 valence electrons. The van der Waals surface area contributed by atoms with Crippen LogP contribution in [0.3, 0.4) is 0 Å². The lowest BCUT2D eigenvalue weighted by atomic mass is 9.92. The second-order valence-electron chi connectivity index (χ2n) is 7.24. The van der Waals surface area contributed by atoms with Gasteiger partial charge in [-0.05, 0) is 80.9 Å². The van der Waals surface area contributed by atoms with Crippen molar-refractivity contribution in [3.05, 3.63) is 47.9 Å². The van der Waals surface area contributed by atoms with E-state index in [1.54, 1.807) is 0 Å². The van der Waals surface area contributed by atoms with Crippen LogP contribution in [0.1, 0.15) is 51.9 Å². The van der Waals surface area contributed by atoms with Gasteiger partial charge in [0, 0.05) is 24.0 Å². The van der Waals surface area contributed by atoms with Gasteiger partial charge in [-0.3, -0.25) is 0 Å². The maximum absolute atomic E-state index is 4.26. The summed E-state index contributed by atoms with van der Waals surface area (Å²) in [5, 5.41) is 7.26. The van der Waals surface area contributed by atoms with Crippen molar-refractivity contribution in [1.82, 2.24) is 10.6 Å². The SMILES string of the molecule is C=C/C(=C\C(NC1CCC1)=C(/C)C(=C)NCC1CC1)C1CC1. The van der Waals surface area contributed by atoms with Crippen LogP contribution in [0.15, 0.2) is 47.9 Å². The van der Waals surface area contributed by atoms with Crippen molar-refractivity contribution < 1.29 is 0 Å². The van der Waals surface area contributed by atoms with Crippen molar-refractivity contribution in [3.8, 4) is 0 Å². The van der Waals surface area contributed by atoms with Crippen LogP contribution < -0.4 is 10.6 Å². The van der Waals surface area contributed by atoms with Gasteiger partial charge in [0.2, 0.25) is 0 Å². The molecule has 0 radical (unpaired) electrons. The highest BCUT2D eigenvalue weighted by molar-refractivity contribution is 5.41. The third kappa shape index (κ3) is 4.06. The number of hydrogen-bond acceptors (Lipinski definition) is 2. The normalized spacial score (nSPS) is 23.4. The van der Waals surface area contributed by atoms with Crippen LogP contribution in [-0.2, 0) is 0 Å². The molecule has 0 aliphatic heterocycles. The predicted molar refractivity (Wildman–Crippen MR) is 94.3 cm³/mol. The first-order valence-electron chi connectivity index (χ1n) is 8.92. The molecule has 0 aromatic carbocycles. The van der Waals surface area contributed by atoms with Crippen LogP contribution in [0.4, 0.5) is 0 Å². The van der Waals surface area contributed by atoms with Gasteiger partial charge < -0.3 is 10.6 Å². The van der Waals surface area contributed by atoms with Gasteiger partial charge in [-0.2, -0.15) is 0 Å². The summed E-state index contributed by atoms with van der Waals surface area (Å²) in [5.41, 5.74) is 4.97. The molecule has 0 heterocycles. The number of allylic oxidation sites excluding steroid dienone is 4. The fourth-order valence-corrected chi connectivity index (χ4v) is 2.84. The van der Waals surface area contributed by atoms with Crippen molar-refractivity contribution in [2.75, 3.05) is 6.54 Å². The third-order valence-corrected chi connectivity index (χ3v) is 5.22. The zero-order valence-electron chi connectivity index (χ0n) is 14.0. The van der Waals surface area contributed by atoms with Crippen LogP contribution in [0.2, 0.25) is 0 Å². The van der Waals surface area contributed by atoms with Crippen LogP contribution in [0, 0.1) is 11.8 Å². The van der Waals surface area contributed by atoms with Crippen molar-refractivity contribution in [2.45, 2.75) is 57.9 Å². The summed E-state index contributed by atoms with van der Waals surface area (Å²) in [7, 11) is 0. The minimum atomic E-state index is 0.641. The molecular formula is C20H30N2. The smallest absolute Gasteiger partial charge is 0.0395 e. The molecule has 0 amide bonds. The number of nitrogens with one attached hydrogen (secondary N) is 2. The van der Waals surface area contributed by atoms with Crippen molar-refractivity contribution in [2.24, 2.45) is 11.8 Å². The molecule has 0 saturated heterocycles. The molecule has 3 aliphatic carbocycles. The Hall–Kier alpha value is -1.44. The first-order chi connectivity index (χ1) is 10.7. The summed E-state index contributed by atoms with van der Waals surface area (Å²) in [6.45, 7) is 11.5. The van der Waals surface area contributed by atoms with E-state index in [4.69, 9.17) is 0 Å². The molecule has 3 aliphatic rings. The van der Waals surface area contributed by atoms with Crippen molar-refractivity contribution in [3.63, 3.8) is 0 Å². The second kappa shape index (κ2) is 6.76. The van der Waals surface area contributed by atoms with Gasteiger partial charge in [0.15, 0.2) is 0 Å². The molecule has 3 rings (SSSR count). The Labute approximate surface area is 135 Å². The zero-order valence-corrected chi connectivity index (χ0v) is 14.0. The summed E-state index contributed by atoms with van der Waals surface area (Å²) in [6, 6.07) is 0.641. The standard InChI is InChI=1S/C20H30N2/c1-4-17(18-10-11-18)12-20(22-19-6-5-7-19)14(2)15(3)21-13-16-8-9-16/h4,12,16,18-19,21-22H,1,3,5-11,13H2,2H3/b17-12+,20-14-. The second-order valence-corrected chi connectivity index (χ2v) is 7.24. The highest BCUT2D eigenvalue weighted by Crippen LogP contribution is 2.38. The Morgan fingerprint density at radius 3 is 2.36 bits per heavy atom. The van der Waals surface area contributed by atoms with E-state index in [-0.39, 0.29) is 0 Å². The lowest BCUT2D eigenvalue weighted by molar-refractivity contribution is 0.366. The largest absolute Gasteiger partial charge is 0.385 e. The summed E-state index contributed by atoms with van der Waals surface area (Å²) in [4.78, 5) is 0. The quantitative estimate of drug-likeness (QED) is 0.615. The summed E-state index contributed by atoms with van der Waals surface area (Å²) >= 11 is 0. The lowest BCUT2D eigenvalue weighted by Crippen LogP contribution is -2.35. The van der Waals surface area contributed by atoms with E-state index in [1.165, 1.54) is 61.8 Å². The number of rotatable bonds is 9. The maximum Gasteiger partial charge on any atom is 0.0395 e. The minimum Gasteiger partial charge on any atom is -0.385 e. The van der Waals surface area contributed by atoms with Crippen LogP contribution in [0.25, 0.3) is 0 Å². The average Bonchev–Trinajstić information content (AvgIpc) is 3.35. The Morgan fingerprint density at radius 1 is 1.14 bits per heavy atom. The fraction of sp³-hybridized carbons (Fsp3) is 0.600. The van der Waals surface area contributed by atoms with Crippen LogP contribution in [-0.4, -0.2) is 12.6 Å². The molecule has 3 saturated carbocycles. The molecule has 2 N–H and O–H groups in total. The Kier molecular flexibility index (Phi) is 4.75. The van der Waals surface area contributed by atoms with E-state index in [2.05, 4.69) is 36.8 Å². The monoisotopic (exact) mass is 298 g/mol. The molecule has 0 atom stereocenters. The molecule has 0 spiro atoms. The van der Waals surface area contributed by atoms with Crippen molar-refractivity contribution >= 4 is 0 Å². The van der Waals surface area contributed by atoms with Gasteiger partial charge >= 0.3 is 0 Å². The summed E-state index contributed by atoms with van der Waals surface area (Å²) in [6.07, 6.45) is 13.7. The van der Waals surface area contributed by atoms with Crippen LogP contribution >= 0.6 is 0 Å². The third-order valence-electron chi connectivity index (χ3n) is 5.22. The molecule has 22 heavy (non-hydrogen) atoms. The van der Waals surface area contributed by atoms with E-state index in [0.29, 0.717) is 6.04 Å². The van der Waals surface area contributed by atoms with E-state index in [0.717, 1.165) is 24.1 Å². The first-order valence-corrected chi connectivity index (χ1v) is 8.92. The van der Waals surface area contributed by atoms with Gasteiger partial charge in [0.25, 0.3) is 0 Å². The Bertz CT molecular complexity index is 500. The molecule has 2 heteroatoms. The molecule has 0 aromatic heterocycles. The lowest BCUT2D eigenvalue weighted by Gasteiger charge is -2.29. The van der Waals surface area contributed by atoms with Crippen molar-refractivity contribution in [1.29, 1.82) is 0 Å². The topological polar surface area (TPSA) is 24.1 Å². The highest BCUT2D eigenvalue weighted by Gasteiger charge is 2.26. The van der Waals surface area contributed by atoms with Gasteiger partial charge in [-0.15, -0.1) is 0 Å². The summed E-state index contributed by atoms with van der Waals surface area (Å²) in [5.74, 6) is 1.61.